The summed E-state index contributed by atoms with van der Waals surface area (Å²) in [7, 11) is 0. The predicted octanol–water partition coefficient (Wildman–Crippen LogP) is 8.30. The van der Waals surface area contributed by atoms with Crippen molar-refractivity contribution in [3.8, 4) is 22.5 Å². The number of hydrogen-bond donors (Lipinski definition) is 3. The first-order chi connectivity index (χ1) is 22.3. The van der Waals surface area contributed by atoms with Crippen LogP contribution in [-0.4, -0.2) is 45.9 Å². The van der Waals surface area contributed by atoms with Gasteiger partial charge in [0.1, 0.15) is 21.4 Å². The van der Waals surface area contributed by atoms with E-state index < -0.39 is 35.3 Å². The summed E-state index contributed by atoms with van der Waals surface area (Å²) >= 11 is 12.2. The van der Waals surface area contributed by atoms with Crippen LogP contribution in [0.3, 0.4) is 0 Å². The van der Waals surface area contributed by atoms with Gasteiger partial charge in [-0.15, -0.1) is 0 Å². The van der Waals surface area contributed by atoms with Gasteiger partial charge in [-0.3, -0.25) is 9.59 Å². The predicted molar refractivity (Wildman–Crippen MR) is 164 cm³/mol. The average Bonchev–Trinajstić information content (AvgIpc) is 3.59. The van der Waals surface area contributed by atoms with Gasteiger partial charge in [0.15, 0.2) is 0 Å². The maximum absolute atomic E-state index is 12.6. The number of alkyl halides is 6. The van der Waals surface area contributed by atoms with Gasteiger partial charge in [0.2, 0.25) is 11.5 Å². The number of rotatable bonds is 9. The number of carbonyl (C=O) groups is 2. The number of halogens is 8. The molecule has 0 unspecified atom stereocenters. The third kappa shape index (κ3) is 9.73. The van der Waals surface area contributed by atoms with Crippen molar-refractivity contribution in [3.63, 3.8) is 0 Å². The first kappa shape index (κ1) is 38.4. The van der Waals surface area contributed by atoms with Crippen molar-refractivity contribution < 1.29 is 50.1 Å². The fraction of sp³-hybridized carbons (Fsp3) is 0.355. The molecule has 0 bridgehead atoms. The van der Waals surface area contributed by atoms with Crippen molar-refractivity contribution in [1.29, 1.82) is 0 Å². The highest BCUT2D eigenvalue weighted by molar-refractivity contribution is 6.36. The summed E-state index contributed by atoms with van der Waals surface area (Å²) < 4.78 is 85.3. The monoisotopic (exact) mass is 722 g/mol. The second-order valence-electron chi connectivity index (χ2n) is 10.9. The number of nitrogens with zero attached hydrogens (tertiary/aromatic N) is 2. The van der Waals surface area contributed by atoms with Crippen LogP contribution in [-0.2, 0) is 12.4 Å². The largest absolute Gasteiger partial charge is 0.416 e. The van der Waals surface area contributed by atoms with E-state index in [0.29, 0.717) is 17.5 Å². The molecule has 4 aromatic rings. The standard InChI is InChI=1S/C16H16ClF3N2O2.C15H14ClF3N2O3/c1-8(2)9(3)21-15(23)14-12(17)13(22-24-14)10-4-6-11(7-5-10)16(18,19)20;1-8(6-7-22)20-14(23)13-11(16)12(21-24-13)9-2-4-10(5-3-9)15(17,18)19/h4-9H,1-3H3,(H,21,23);2-5,8,22H,6-7H2,1H3,(H,20,23)/t9-;8-/m01/s1. The zero-order chi connectivity index (χ0) is 36.0. The van der Waals surface area contributed by atoms with Gasteiger partial charge in [0.25, 0.3) is 11.8 Å². The van der Waals surface area contributed by atoms with Crippen LogP contribution >= 0.6 is 23.2 Å². The molecule has 0 radical (unpaired) electrons. The Bertz CT molecular complexity index is 1690. The van der Waals surface area contributed by atoms with Crippen molar-refractivity contribution in [1.82, 2.24) is 20.9 Å². The minimum absolute atomic E-state index is 0.0387. The molecule has 9 nitrogen and oxygen atoms in total. The Labute approximate surface area is 280 Å². The lowest BCUT2D eigenvalue weighted by Gasteiger charge is -2.16. The molecule has 2 amide bonds. The van der Waals surface area contributed by atoms with Crippen LogP contribution in [0.2, 0.25) is 10.0 Å². The molecular formula is C31H30Cl2F6N4O5. The van der Waals surface area contributed by atoms with E-state index >= 15 is 0 Å². The summed E-state index contributed by atoms with van der Waals surface area (Å²) in [5.41, 5.74) is -0.777. The molecule has 0 aliphatic carbocycles. The molecule has 0 saturated heterocycles. The topological polar surface area (TPSA) is 130 Å². The lowest BCUT2D eigenvalue weighted by Crippen LogP contribution is -2.36. The maximum atomic E-state index is 12.6. The van der Waals surface area contributed by atoms with Crippen LogP contribution in [0, 0.1) is 5.92 Å². The van der Waals surface area contributed by atoms with Crippen LogP contribution in [0.15, 0.2) is 57.6 Å². The fourth-order valence-electron chi connectivity index (χ4n) is 3.83. The lowest BCUT2D eigenvalue weighted by atomic mass is 10.1. The summed E-state index contributed by atoms with van der Waals surface area (Å²) in [6, 6.07) is 8.06. The third-order valence-electron chi connectivity index (χ3n) is 6.95. The molecule has 0 saturated carbocycles. The van der Waals surface area contributed by atoms with Gasteiger partial charge >= 0.3 is 12.4 Å². The number of aliphatic hydroxyl groups excluding tert-OH is 1. The molecule has 4 rings (SSSR count). The molecule has 2 aromatic heterocycles. The molecule has 2 heterocycles. The Balaban J connectivity index is 0.000000260. The Morgan fingerprint density at radius 1 is 0.729 bits per heavy atom. The van der Waals surface area contributed by atoms with Crippen LogP contribution in [0.25, 0.3) is 22.5 Å². The van der Waals surface area contributed by atoms with E-state index in [2.05, 4.69) is 20.9 Å². The van der Waals surface area contributed by atoms with Gasteiger partial charge in [-0.2, -0.15) is 26.3 Å². The van der Waals surface area contributed by atoms with Crippen LogP contribution < -0.4 is 10.6 Å². The van der Waals surface area contributed by atoms with E-state index in [4.69, 9.17) is 37.4 Å². The van der Waals surface area contributed by atoms with E-state index in [0.717, 1.165) is 24.3 Å². The first-order valence-corrected chi connectivity index (χ1v) is 15.0. The highest BCUT2D eigenvalue weighted by Gasteiger charge is 2.32. The fourth-order valence-corrected chi connectivity index (χ4v) is 4.36. The normalized spacial score (nSPS) is 13.0. The van der Waals surface area contributed by atoms with Gasteiger partial charge in [-0.05, 0) is 50.5 Å². The quantitative estimate of drug-likeness (QED) is 0.148. The molecule has 48 heavy (non-hydrogen) atoms. The summed E-state index contributed by atoms with van der Waals surface area (Å²) in [5, 5.41) is 21.3. The summed E-state index contributed by atoms with van der Waals surface area (Å²) in [6.07, 6.45) is -8.52. The summed E-state index contributed by atoms with van der Waals surface area (Å²) in [5.74, 6) is -1.33. The molecule has 260 valence electrons. The van der Waals surface area contributed by atoms with E-state index in [1.165, 1.54) is 24.3 Å². The van der Waals surface area contributed by atoms with Crippen LogP contribution in [0.5, 0.6) is 0 Å². The van der Waals surface area contributed by atoms with Gasteiger partial charge in [-0.1, -0.05) is 71.6 Å². The van der Waals surface area contributed by atoms with Crippen molar-refractivity contribution >= 4 is 35.0 Å². The smallest absolute Gasteiger partial charge is 0.396 e. The second-order valence-corrected chi connectivity index (χ2v) is 11.6. The first-order valence-electron chi connectivity index (χ1n) is 14.2. The number of benzene rings is 2. The van der Waals surface area contributed by atoms with E-state index in [1.54, 1.807) is 6.92 Å². The third-order valence-corrected chi connectivity index (χ3v) is 7.65. The van der Waals surface area contributed by atoms with E-state index in [-0.39, 0.29) is 57.6 Å². The second kappa shape index (κ2) is 15.9. The zero-order valence-corrected chi connectivity index (χ0v) is 27.3. The Kier molecular flexibility index (Phi) is 12.7. The Morgan fingerprint density at radius 3 is 1.44 bits per heavy atom. The Hall–Kier alpha value is -4.08. The van der Waals surface area contributed by atoms with Gasteiger partial charge in [0.05, 0.1) is 11.1 Å². The SMILES string of the molecule is CC(C)[C@H](C)NC(=O)c1onc(-c2ccc(C(F)(F)F)cc2)c1Cl.C[C@H](CCO)NC(=O)c1onc(-c2ccc(C(F)(F)F)cc2)c1Cl. The lowest BCUT2D eigenvalue weighted by molar-refractivity contribution is -0.138. The minimum Gasteiger partial charge on any atom is -0.396 e. The molecular weight excluding hydrogens is 693 g/mol. The van der Waals surface area contributed by atoms with Gasteiger partial charge in [-0.25, -0.2) is 0 Å². The molecule has 0 fully saturated rings. The molecule has 0 aliphatic rings. The molecule has 0 aliphatic heterocycles. The van der Waals surface area contributed by atoms with Crippen LogP contribution in [0.1, 0.15) is 66.4 Å². The van der Waals surface area contributed by atoms with Gasteiger partial charge in [0, 0.05) is 29.8 Å². The van der Waals surface area contributed by atoms with E-state index in [9.17, 15) is 35.9 Å². The molecule has 3 N–H and O–H groups in total. The summed E-state index contributed by atoms with van der Waals surface area (Å²) in [6.45, 7) is 7.32. The van der Waals surface area contributed by atoms with Crippen molar-refractivity contribution in [2.45, 2.75) is 58.6 Å². The maximum Gasteiger partial charge on any atom is 0.416 e. The summed E-state index contributed by atoms with van der Waals surface area (Å²) in [4.78, 5) is 24.2. The molecule has 0 spiro atoms. The van der Waals surface area contributed by atoms with E-state index in [1.807, 2.05) is 20.8 Å². The molecule has 2 atom stereocenters. The zero-order valence-electron chi connectivity index (χ0n) is 25.8. The Morgan fingerprint density at radius 2 is 1.10 bits per heavy atom. The van der Waals surface area contributed by atoms with Crippen LogP contribution in [0.4, 0.5) is 26.3 Å². The molecule has 2 aromatic carbocycles. The highest BCUT2D eigenvalue weighted by Crippen LogP contribution is 2.35. The highest BCUT2D eigenvalue weighted by atomic mass is 35.5. The number of amides is 2. The van der Waals surface area contributed by atoms with Crippen molar-refractivity contribution in [2.75, 3.05) is 6.61 Å². The average molecular weight is 723 g/mol. The number of hydrogen-bond acceptors (Lipinski definition) is 7. The minimum atomic E-state index is -4.44. The number of aliphatic hydroxyl groups is 1. The van der Waals surface area contributed by atoms with Gasteiger partial charge < -0.3 is 24.8 Å². The number of aromatic nitrogens is 2. The molecule has 17 heteroatoms. The number of carbonyl (C=O) groups excluding carboxylic acids is 2. The van der Waals surface area contributed by atoms with Crippen molar-refractivity contribution in [3.05, 3.63) is 81.2 Å². The number of nitrogens with one attached hydrogen (secondary N) is 2. The van der Waals surface area contributed by atoms with Crippen molar-refractivity contribution in [2.24, 2.45) is 5.92 Å².